The molecule has 43 heavy (non-hydrogen) atoms. The lowest BCUT2D eigenvalue weighted by molar-refractivity contribution is 1.02. The van der Waals surface area contributed by atoms with E-state index in [0.717, 1.165) is 22.3 Å². The van der Waals surface area contributed by atoms with Crippen LogP contribution in [0.25, 0.3) is 56.4 Å². The second kappa shape index (κ2) is 10.6. The first-order valence-corrected chi connectivity index (χ1v) is 14.6. The zero-order valence-electron chi connectivity index (χ0n) is 23.4. The fourth-order valence-electron chi connectivity index (χ4n) is 6.13. The van der Waals surface area contributed by atoms with Gasteiger partial charge in [0.15, 0.2) is 17.5 Å². The van der Waals surface area contributed by atoms with Gasteiger partial charge in [-0.1, -0.05) is 158 Å². The van der Waals surface area contributed by atoms with Gasteiger partial charge >= 0.3 is 0 Å². The van der Waals surface area contributed by atoms with Gasteiger partial charge in [-0.25, -0.2) is 15.0 Å². The summed E-state index contributed by atoms with van der Waals surface area (Å²) in [6.07, 6.45) is 0. The molecular weight excluding hydrogens is 522 g/mol. The molecule has 0 saturated heterocycles. The fraction of sp³-hybridized carbons (Fsp3) is 0.0250. The molecule has 0 fully saturated rings. The maximum Gasteiger partial charge on any atom is 0.164 e. The van der Waals surface area contributed by atoms with E-state index in [4.69, 9.17) is 15.0 Å². The molecule has 1 aliphatic carbocycles. The summed E-state index contributed by atoms with van der Waals surface area (Å²) in [6, 6.07) is 55.2. The van der Waals surface area contributed by atoms with E-state index in [2.05, 4.69) is 97.1 Å². The maximum atomic E-state index is 4.87. The number of hydrogen-bond donors (Lipinski definition) is 0. The molecule has 0 amide bonds. The molecule has 3 heteroatoms. The van der Waals surface area contributed by atoms with Gasteiger partial charge in [-0.15, -0.1) is 0 Å². The Kier molecular flexibility index (Phi) is 6.20. The Balaban J connectivity index is 1.12. The number of nitrogens with zero attached hydrogens (tertiary/aromatic N) is 3. The zero-order valence-corrected chi connectivity index (χ0v) is 23.4. The minimum atomic E-state index is 0.255. The van der Waals surface area contributed by atoms with E-state index in [0.29, 0.717) is 17.5 Å². The first-order chi connectivity index (χ1) is 21.3. The van der Waals surface area contributed by atoms with Crippen LogP contribution in [-0.2, 0) is 0 Å². The summed E-state index contributed by atoms with van der Waals surface area (Å²) in [4.78, 5) is 14.6. The van der Waals surface area contributed by atoms with Gasteiger partial charge in [0.25, 0.3) is 0 Å². The molecule has 0 bridgehead atoms. The monoisotopic (exact) mass is 549 g/mol. The average Bonchev–Trinajstić information content (AvgIpc) is 3.43. The highest BCUT2D eigenvalue weighted by Crippen LogP contribution is 2.47. The Morgan fingerprint density at radius 2 is 0.651 bits per heavy atom. The summed E-state index contributed by atoms with van der Waals surface area (Å²) < 4.78 is 0. The molecule has 1 aliphatic rings. The molecule has 0 aliphatic heterocycles. The van der Waals surface area contributed by atoms with Crippen molar-refractivity contribution >= 4 is 0 Å². The van der Waals surface area contributed by atoms with Crippen molar-refractivity contribution in [3.05, 3.63) is 174 Å². The average molecular weight is 550 g/mol. The molecule has 0 unspecified atom stereocenters. The Morgan fingerprint density at radius 1 is 0.302 bits per heavy atom. The summed E-state index contributed by atoms with van der Waals surface area (Å²) in [5.74, 6) is 2.25. The summed E-state index contributed by atoms with van der Waals surface area (Å²) in [7, 11) is 0. The summed E-state index contributed by atoms with van der Waals surface area (Å²) >= 11 is 0. The van der Waals surface area contributed by atoms with Crippen LogP contribution in [0, 0.1) is 0 Å². The first kappa shape index (κ1) is 25.1. The van der Waals surface area contributed by atoms with Crippen molar-refractivity contribution in [1.29, 1.82) is 0 Å². The van der Waals surface area contributed by atoms with Crippen LogP contribution in [-0.4, -0.2) is 15.0 Å². The Bertz CT molecular complexity index is 1950. The smallest absolute Gasteiger partial charge is 0.164 e. The van der Waals surface area contributed by atoms with Gasteiger partial charge in [-0.05, 0) is 38.9 Å². The van der Waals surface area contributed by atoms with Crippen molar-refractivity contribution < 1.29 is 0 Å². The van der Waals surface area contributed by atoms with Crippen molar-refractivity contribution in [3.63, 3.8) is 0 Å². The number of aromatic nitrogens is 3. The minimum absolute atomic E-state index is 0.255. The Hall–Kier alpha value is -5.67. The van der Waals surface area contributed by atoms with Gasteiger partial charge in [-0.3, -0.25) is 0 Å². The van der Waals surface area contributed by atoms with Crippen molar-refractivity contribution in [3.8, 4) is 56.4 Å². The molecule has 7 aromatic rings. The molecule has 3 nitrogen and oxygen atoms in total. The van der Waals surface area contributed by atoms with E-state index >= 15 is 0 Å². The first-order valence-electron chi connectivity index (χ1n) is 14.6. The molecular formula is C40H27N3. The normalized spacial score (nSPS) is 12.1. The molecule has 6 aromatic carbocycles. The van der Waals surface area contributed by atoms with Crippen molar-refractivity contribution in [2.75, 3.05) is 0 Å². The van der Waals surface area contributed by atoms with Crippen LogP contribution in [0.3, 0.4) is 0 Å². The molecule has 0 spiro atoms. The largest absolute Gasteiger partial charge is 0.208 e. The van der Waals surface area contributed by atoms with Crippen LogP contribution < -0.4 is 0 Å². The van der Waals surface area contributed by atoms with E-state index in [1.165, 1.54) is 33.4 Å². The quantitative estimate of drug-likeness (QED) is 0.214. The van der Waals surface area contributed by atoms with E-state index in [9.17, 15) is 0 Å². The van der Waals surface area contributed by atoms with Gasteiger partial charge in [0.05, 0.1) is 0 Å². The predicted octanol–water partition coefficient (Wildman–Crippen LogP) is 9.70. The third kappa shape index (κ3) is 4.61. The minimum Gasteiger partial charge on any atom is -0.208 e. The fourth-order valence-corrected chi connectivity index (χ4v) is 6.13. The molecule has 0 saturated carbocycles. The lowest BCUT2D eigenvalue weighted by Gasteiger charge is -2.15. The maximum absolute atomic E-state index is 4.87. The van der Waals surface area contributed by atoms with E-state index in [-0.39, 0.29) is 5.92 Å². The highest BCUT2D eigenvalue weighted by atomic mass is 15.0. The zero-order chi connectivity index (χ0) is 28.6. The highest BCUT2D eigenvalue weighted by Gasteiger charge is 2.29. The molecule has 0 radical (unpaired) electrons. The predicted molar refractivity (Wildman–Crippen MR) is 174 cm³/mol. The standard InChI is InChI=1S/C40H27N3/c1-3-11-30(12-4-1)38-41-39(31-13-5-2-6-14-31)43-40(42-38)32-25-21-28(22-26-32)27-19-23-29(24-20-27)37-35-17-9-7-15-33(35)34-16-8-10-18-36(34)37/h1-26,37H. The number of benzene rings is 6. The second-order valence-corrected chi connectivity index (χ2v) is 10.8. The molecule has 1 heterocycles. The second-order valence-electron chi connectivity index (χ2n) is 10.8. The van der Waals surface area contributed by atoms with Gasteiger partial charge < -0.3 is 0 Å². The van der Waals surface area contributed by atoms with Gasteiger partial charge in [0.1, 0.15) is 0 Å². The van der Waals surface area contributed by atoms with E-state index < -0.39 is 0 Å². The number of fused-ring (bicyclic) bond motifs is 3. The highest BCUT2D eigenvalue weighted by molar-refractivity contribution is 5.81. The van der Waals surface area contributed by atoms with Gasteiger partial charge in [-0.2, -0.15) is 0 Å². The number of hydrogen-bond acceptors (Lipinski definition) is 3. The van der Waals surface area contributed by atoms with Crippen LogP contribution in [0.1, 0.15) is 22.6 Å². The van der Waals surface area contributed by atoms with Crippen LogP contribution in [0.5, 0.6) is 0 Å². The summed E-state index contributed by atoms with van der Waals surface area (Å²) in [5.41, 5.74) is 12.0. The molecule has 1 aromatic heterocycles. The Labute approximate surface area is 251 Å². The number of rotatable bonds is 5. The lowest BCUT2D eigenvalue weighted by atomic mass is 9.88. The topological polar surface area (TPSA) is 38.7 Å². The van der Waals surface area contributed by atoms with Crippen molar-refractivity contribution in [2.45, 2.75) is 5.92 Å². The van der Waals surface area contributed by atoms with Gasteiger partial charge in [0.2, 0.25) is 0 Å². The lowest BCUT2D eigenvalue weighted by Crippen LogP contribution is -2.00. The molecule has 0 atom stereocenters. The molecule has 0 N–H and O–H groups in total. The van der Waals surface area contributed by atoms with E-state index in [1.54, 1.807) is 0 Å². The van der Waals surface area contributed by atoms with Crippen molar-refractivity contribution in [2.24, 2.45) is 0 Å². The van der Waals surface area contributed by atoms with Crippen LogP contribution in [0.4, 0.5) is 0 Å². The van der Waals surface area contributed by atoms with Crippen LogP contribution >= 0.6 is 0 Å². The Morgan fingerprint density at radius 3 is 1.12 bits per heavy atom. The van der Waals surface area contributed by atoms with Crippen LogP contribution in [0.15, 0.2) is 158 Å². The molecule has 202 valence electrons. The van der Waals surface area contributed by atoms with E-state index in [1.807, 2.05) is 60.7 Å². The van der Waals surface area contributed by atoms with Crippen LogP contribution in [0.2, 0.25) is 0 Å². The third-order valence-corrected chi connectivity index (χ3v) is 8.25. The van der Waals surface area contributed by atoms with Crippen molar-refractivity contribution in [1.82, 2.24) is 15.0 Å². The summed E-state index contributed by atoms with van der Waals surface area (Å²) in [5, 5.41) is 0. The molecule has 8 rings (SSSR count). The summed E-state index contributed by atoms with van der Waals surface area (Å²) in [6.45, 7) is 0. The third-order valence-electron chi connectivity index (χ3n) is 8.25. The SMILES string of the molecule is c1ccc(-c2nc(-c3ccccc3)nc(-c3ccc(-c4ccc(C5c6ccccc6-c6ccccc65)cc4)cc3)n2)cc1. The van der Waals surface area contributed by atoms with Gasteiger partial charge in [0, 0.05) is 22.6 Å².